The van der Waals surface area contributed by atoms with E-state index in [9.17, 15) is 0 Å². The number of aliphatic imine (C=N–C) groups is 1. The third-order valence-corrected chi connectivity index (χ3v) is 4.42. The molecular weight excluding hydrogens is 272 g/mol. The van der Waals surface area contributed by atoms with Crippen LogP contribution < -0.4 is 14.8 Å². The molecule has 0 saturated heterocycles. The van der Waals surface area contributed by atoms with Crippen molar-refractivity contribution < 1.29 is 9.47 Å². The topological polar surface area (TPSA) is 68.6 Å². The zero-order valence-corrected chi connectivity index (χ0v) is 11.4. The van der Waals surface area contributed by atoms with E-state index >= 15 is 0 Å². The first-order chi connectivity index (χ1) is 8.80. The van der Waals surface area contributed by atoms with Crippen LogP contribution in [0.3, 0.4) is 0 Å². The predicted molar refractivity (Wildman–Crippen MR) is 71.9 cm³/mol. The number of thiazole rings is 2. The molecule has 2 aromatic rings. The van der Waals surface area contributed by atoms with E-state index in [0.29, 0.717) is 16.2 Å². The molecule has 0 radical (unpaired) electrons. The van der Waals surface area contributed by atoms with Crippen molar-refractivity contribution in [3.63, 3.8) is 0 Å². The second-order valence-electron chi connectivity index (χ2n) is 3.47. The monoisotopic (exact) mass is 282 g/mol. The highest BCUT2D eigenvalue weighted by molar-refractivity contribution is 7.15. The number of aromatic nitrogens is 2. The van der Waals surface area contributed by atoms with E-state index < -0.39 is 0 Å². The van der Waals surface area contributed by atoms with Crippen LogP contribution in [-0.4, -0.2) is 30.5 Å². The van der Waals surface area contributed by atoms with Crippen LogP contribution in [0.4, 0.5) is 11.6 Å². The Morgan fingerprint density at radius 2 is 1.83 bits per heavy atom. The summed E-state index contributed by atoms with van der Waals surface area (Å²) in [6.45, 7) is 0. The number of hydrogen-bond donors (Lipinski definition) is 1. The Kier molecular flexibility index (Phi) is 2.88. The Balaban J connectivity index is 2.03. The summed E-state index contributed by atoms with van der Waals surface area (Å²) in [6.07, 6.45) is 2.33. The molecule has 0 atom stereocenters. The fourth-order valence-corrected chi connectivity index (χ4v) is 3.35. The SMILES string of the molecule is COc1nc2c(s1)Cc1sc(OC)nc1N/C=N\2. The molecule has 1 N–H and O–H groups in total. The van der Waals surface area contributed by atoms with Gasteiger partial charge in [-0.05, 0) is 0 Å². The fraction of sp³-hybridized carbons (Fsp3) is 0.300. The van der Waals surface area contributed by atoms with Gasteiger partial charge in [0.2, 0.25) is 0 Å². The minimum atomic E-state index is 0.622. The molecule has 0 aliphatic carbocycles. The van der Waals surface area contributed by atoms with E-state index in [1.165, 1.54) is 22.7 Å². The van der Waals surface area contributed by atoms with Gasteiger partial charge in [0.05, 0.1) is 30.3 Å². The molecule has 0 fully saturated rings. The normalized spacial score (nSPS) is 14.8. The van der Waals surface area contributed by atoms with E-state index in [2.05, 4.69) is 20.3 Å². The highest BCUT2D eigenvalue weighted by Crippen LogP contribution is 2.38. The summed E-state index contributed by atoms with van der Waals surface area (Å²) >= 11 is 3.02. The molecule has 0 spiro atoms. The number of rotatable bonds is 2. The molecular formula is C10H10N4O2S2. The quantitative estimate of drug-likeness (QED) is 0.915. The largest absolute Gasteiger partial charge is 0.473 e. The molecule has 3 rings (SSSR count). The van der Waals surface area contributed by atoms with Crippen LogP contribution in [0.5, 0.6) is 10.4 Å². The average molecular weight is 282 g/mol. The molecule has 6 nitrogen and oxygen atoms in total. The van der Waals surface area contributed by atoms with Crippen LogP contribution in [-0.2, 0) is 6.42 Å². The van der Waals surface area contributed by atoms with Gasteiger partial charge in [0, 0.05) is 6.42 Å². The maximum atomic E-state index is 5.15. The number of ether oxygens (including phenoxy) is 2. The molecule has 2 aromatic heterocycles. The Hall–Kier alpha value is -1.67. The predicted octanol–water partition coefficient (Wildman–Crippen LogP) is 2.29. The first-order valence-electron chi connectivity index (χ1n) is 5.16. The van der Waals surface area contributed by atoms with Gasteiger partial charge in [-0.15, -0.1) is 0 Å². The summed E-state index contributed by atoms with van der Waals surface area (Å²) in [4.78, 5) is 15.0. The van der Waals surface area contributed by atoms with Gasteiger partial charge in [0.25, 0.3) is 10.4 Å². The summed E-state index contributed by atoms with van der Waals surface area (Å²) in [6, 6.07) is 0. The van der Waals surface area contributed by atoms with E-state index in [1.54, 1.807) is 20.6 Å². The molecule has 0 saturated carbocycles. The molecule has 1 aliphatic heterocycles. The van der Waals surface area contributed by atoms with Crippen molar-refractivity contribution in [3.05, 3.63) is 9.75 Å². The number of hydrogen-bond acceptors (Lipinski definition) is 8. The molecule has 18 heavy (non-hydrogen) atoms. The molecule has 94 valence electrons. The van der Waals surface area contributed by atoms with Crippen LogP contribution in [0.15, 0.2) is 4.99 Å². The zero-order valence-electron chi connectivity index (χ0n) is 9.76. The maximum Gasteiger partial charge on any atom is 0.275 e. The lowest BCUT2D eigenvalue weighted by molar-refractivity contribution is 0.412. The van der Waals surface area contributed by atoms with Gasteiger partial charge in [0.1, 0.15) is 5.82 Å². The average Bonchev–Trinajstić information content (AvgIpc) is 2.92. The molecule has 0 bridgehead atoms. The van der Waals surface area contributed by atoms with Gasteiger partial charge in [-0.2, -0.15) is 9.97 Å². The standard InChI is InChI=1S/C10H10N4O2S2/c1-15-9-13-7-5(17-9)3-6-8(12-4-11-7)14-10(16-2)18-6/h4H,3H2,1-2H3,(H,11,12). The van der Waals surface area contributed by atoms with Crippen LogP contribution in [0, 0.1) is 0 Å². The number of fused-ring (bicyclic) bond motifs is 2. The fourth-order valence-electron chi connectivity index (χ4n) is 1.58. The highest BCUT2D eigenvalue weighted by atomic mass is 32.1. The van der Waals surface area contributed by atoms with E-state index in [1.807, 2.05) is 0 Å². The van der Waals surface area contributed by atoms with Crippen LogP contribution in [0.1, 0.15) is 9.75 Å². The van der Waals surface area contributed by atoms with Gasteiger partial charge in [-0.25, -0.2) is 4.99 Å². The second kappa shape index (κ2) is 4.54. The van der Waals surface area contributed by atoms with Crippen molar-refractivity contribution in [2.75, 3.05) is 19.5 Å². The van der Waals surface area contributed by atoms with Crippen molar-refractivity contribution >= 4 is 40.6 Å². The van der Waals surface area contributed by atoms with Gasteiger partial charge >= 0.3 is 0 Å². The molecule has 1 aliphatic rings. The van der Waals surface area contributed by atoms with E-state index in [4.69, 9.17) is 9.47 Å². The second-order valence-corrected chi connectivity index (χ2v) is 5.56. The smallest absolute Gasteiger partial charge is 0.275 e. The third kappa shape index (κ3) is 1.93. The van der Waals surface area contributed by atoms with Gasteiger partial charge in [-0.1, -0.05) is 22.7 Å². The Morgan fingerprint density at radius 3 is 2.61 bits per heavy atom. The molecule has 0 unspecified atom stereocenters. The van der Waals surface area contributed by atoms with Crippen LogP contribution >= 0.6 is 22.7 Å². The summed E-state index contributed by atoms with van der Waals surface area (Å²) < 4.78 is 10.3. The first-order valence-corrected chi connectivity index (χ1v) is 6.80. The van der Waals surface area contributed by atoms with Crippen LogP contribution in [0.2, 0.25) is 0 Å². The van der Waals surface area contributed by atoms with Crippen molar-refractivity contribution in [1.82, 2.24) is 9.97 Å². The Morgan fingerprint density at radius 1 is 1.11 bits per heavy atom. The Bertz CT molecular complexity index is 605. The maximum absolute atomic E-state index is 5.15. The van der Waals surface area contributed by atoms with Crippen molar-refractivity contribution in [2.45, 2.75) is 6.42 Å². The van der Waals surface area contributed by atoms with Gasteiger partial charge in [-0.3, -0.25) is 0 Å². The Labute approximate surface area is 111 Å². The van der Waals surface area contributed by atoms with Crippen molar-refractivity contribution in [2.24, 2.45) is 4.99 Å². The summed E-state index contributed by atoms with van der Waals surface area (Å²) in [5, 5.41) is 4.30. The number of nitrogens with one attached hydrogen (secondary N) is 1. The summed E-state index contributed by atoms with van der Waals surface area (Å²) in [7, 11) is 3.22. The lowest BCUT2D eigenvalue weighted by atomic mass is 10.3. The van der Waals surface area contributed by atoms with Crippen molar-refractivity contribution in [3.8, 4) is 10.4 Å². The highest BCUT2D eigenvalue weighted by Gasteiger charge is 2.18. The van der Waals surface area contributed by atoms with Crippen molar-refractivity contribution in [1.29, 1.82) is 0 Å². The minimum Gasteiger partial charge on any atom is -0.473 e. The minimum absolute atomic E-state index is 0.622. The zero-order chi connectivity index (χ0) is 12.5. The third-order valence-electron chi connectivity index (χ3n) is 2.39. The van der Waals surface area contributed by atoms with E-state index in [-0.39, 0.29) is 0 Å². The molecule has 3 heterocycles. The molecule has 0 amide bonds. The molecule has 8 heteroatoms. The lowest BCUT2D eigenvalue weighted by Crippen LogP contribution is -2.00. The first kappa shape index (κ1) is 11.4. The van der Waals surface area contributed by atoms with E-state index in [0.717, 1.165) is 22.0 Å². The number of methoxy groups -OCH3 is 2. The summed E-state index contributed by atoms with van der Waals surface area (Å²) in [5.41, 5.74) is 0. The lowest BCUT2D eigenvalue weighted by Gasteiger charge is -2.03. The van der Waals surface area contributed by atoms with Gasteiger partial charge < -0.3 is 14.8 Å². The number of anilines is 1. The van der Waals surface area contributed by atoms with Gasteiger partial charge in [0.15, 0.2) is 5.82 Å². The summed E-state index contributed by atoms with van der Waals surface area (Å²) in [5.74, 6) is 1.49. The number of nitrogens with zero attached hydrogens (tertiary/aromatic N) is 3. The molecule has 0 aromatic carbocycles. The van der Waals surface area contributed by atoms with Crippen LogP contribution in [0.25, 0.3) is 0 Å².